The number of nitrogens with zero attached hydrogens (tertiary/aromatic N) is 1. The zero-order chi connectivity index (χ0) is 15.9. The van der Waals surface area contributed by atoms with Gasteiger partial charge in [-0.05, 0) is 43.2 Å². The number of ether oxygens (including phenoxy) is 1. The molecule has 4 nitrogen and oxygen atoms in total. The molecule has 0 aliphatic carbocycles. The van der Waals surface area contributed by atoms with Crippen LogP contribution in [-0.2, 0) is 16.4 Å². The summed E-state index contributed by atoms with van der Waals surface area (Å²) in [5.74, 6) is -0.475. The first-order valence-electron chi connectivity index (χ1n) is 6.91. The van der Waals surface area contributed by atoms with Crippen LogP contribution >= 0.6 is 0 Å². The van der Waals surface area contributed by atoms with Gasteiger partial charge < -0.3 is 4.74 Å². The molecule has 1 unspecified atom stereocenters. The van der Waals surface area contributed by atoms with Crippen LogP contribution in [0.4, 0.5) is 10.1 Å². The van der Waals surface area contributed by atoms with Gasteiger partial charge in [0, 0.05) is 6.04 Å². The number of hydrogen-bond acceptors (Lipinski definition) is 3. The van der Waals surface area contributed by atoms with Crippen molar-refractivity contribution in [2.24, 2.45) is 0 Å². The van der Waals surface area contributed by atoms with Crippen molar-refractivity contribution in [1.29, 1.82) is 0 Å². The summed E-state index contributed by atoms with van der Waals surface area (Å²) in [4.78, 5) is -0.154. The van der Waals surface area contributed by atoms with E-state index >= 15 is 0 Å². The van der Waals surface area contributed by atoms with E-state index in [-0.39, 0.29) is 16.7 Å². The van der Waals surface area contributed by atoms with Gasteiger partial charge in [0.2, 0.25) is 0 Å². The lowest BCUT2D eigenvalue weighted by Gasteiger charge is -2.25. The molecule has 0 fully saturated rings. The third kappa shape index (κ3) is 2.23. The number of halogens is 1. The second kappa shape index (κ2) is 5.28. The first kappa shape index (κ1) is 14.8. The monoisotopic (exact) mass is 321 g/mol. The predicted molar refractivity (Wildman–Crippen MR) is 82.2 cm³/mol. The molecule has 1 aliphatic rings. The van der Waals surface area contributed by atoms with E-state index < -0.39 is 15.8 Å². The number of fused-ring (bicyclic) bond motifs is 1. The molecular formula is C16H16FNO3S. The van der Waals surface area contributed by atoms with E-state index in [4.69, 9.17) is 4.74 Å². The van der Waals surface area contributed by atoms with Crippen LogP contribution in [0.1, 0.15) is 12.5 Å². The van der Waals surface area contributed by atoms with Crippen molar-refractivity contribution in [1.82, 2.24) is 0 Å². The number of sulfonamides is 1. The minimum absolute atomic E-state index is 0.137. The van der Waals surface area contributed by atoms with Crippen LogP contribution in [0.25, 0.3) is 0 Å². The standard InChI is InChI=1S/C16H16FNO3S/c1-11-9-12-5-3-4-6-14(12)18(11)22(19,20)16-10-13(17)7-8-15(16)21-2/h3-8,10-11H,9H2,1-2H3. The first-order valence-corrected chi connectivity index (χ1v) is 8.35. The molecule has 0 spiro atoms. The second-order valence-electron chi connectivity index (χ2n) is 5.28. The fourth-order valence-electron chi connectivity index (χ4n) is 2.86. The number of methoxy groups -OCH3 is 1. The van der Waals surface area contributed by atoms with Gasteiger partial charge >= 0.3 is 0 Å². The molecule has 0 saturated carbocycles. The zero-order valence-electron chi connectivity index (χ0n) is 12.3. The summed E-state index contributed by atoms with van der Waals surface area (Å²) in [5, 5.41) is 0. The number of para-hydroxylation sites is 1. The van der Waals surface area contributed by atoms with Crippen LogP contribution in [-0.4, -0.2) is 21.6 Å². The summed E-state index contributed by atoms with van der Waals surface area (Å²) >= 11 is 0. The van der Waals surface area contributed by atoms with E-state index in [2.05, 4.69) is 0 Å². The normalized spacial score (nSPS) is 17.4. The minimum Gasteiger partial charge on any atom is -0.495 e. The molecule has 0 saturated heterocycles. The van der Waals surface area contributed by atoms with Crippen molar-refractivity contribution in [2.45, 2.75) is 24.3 Å². The van der Waals surface area contributed by atoms with Gasteiger partial charge in [-0.3, -0.25) is 4.31 Å². The molecule has 22 heavy (non-hydrogen) atoms. The van der Waals surface area contributed by atoms with Crippen molar-refractivity contribution in [2.75, 3.05) is 11.4 Å². The van der Waals surface area contributed by atoms with Gasteiger partial charge in [-0.15, -0.1) is 0 Å². The Morgan fingerprint density at radius 3 is 2.68 bits per heavy atom. The van der Waals surface area contributed by atoms with Gasteiger partial charge in [0.25, 0.3) is 10.0 Å². The van der Waals surface area contributed by atoms with Gasteiger partial charge in [0.15, 0.2) is 0 Å². The molecule has 0 amide bonds. The summed E-state index contributed by atoms with van der Waals surface area (Å²) in [7, 11) is -2.53. The quantitative estimate of drug-likeness (QED) is 0.873. The molecule has 0 aromatic heterocycles. The second-order valence-corrected chi connectivity index (χ2v) is 7.06. The molecule has 3 rings (SSSR count). The van der Waals surface area contributed by atoms with Gasteiger partial charge in [0.1, 0.15) is 16.5 Å². The summed E-state index contributed by atoms with van der Waals surface area (Å²) in [6.07, 6.45) is 0.632. The summed E-state index contributed by atoms with van der Waals surface area (Å²) in [6, 6.07) is 10.6. The van der Waals surface area contributed by atoms with E-state index in [1.54, 1.807) is 12.1 Å². The van der Waals surface area contributed by atoms with Crippen LogP contribution in [0, 0.1) is 5.82 Å². The van der Waals surface area contributed by atoms with Crippen molar-refractivity contribution < 1.29 is 17.5 Å². The number of rotatable bonds is 3. The third-order valence-corrected chi connectivity index (χ3v) is 5.76. The van der Waals surface area contributed by atoms with Gasteiger partial charge in [-0.1, -0.05) is 18.2 Å². The van der Waals surface area contributed by atoms with Crippen LogP contribution in [0.5, 0.6) is 5.75 Å². The maximum atomic E-state index is 13.6. The number of benzene rings is 2. The van der Waals surface area contributed by atoms with Crippen molar-refractivity contribution in [3.05, 3.63) is 53.8 Å². The molecule has 0 radical (unpaired) electrons. The average molecular weight is 321 g/mol. The molecular weight excluding hydrogens is 305 g/mol. The Kier molecular flexibility index (Phi) is 3.56. The lowest BCUT2D eigenvalue weighted by molar-refractivity contribution is 0.400. The predicted octanol–water partition coefficient (Wildman–Crippen LogP) is 2.97. The average Bonchev–Trinajstić information content (AvgIpc) is 2.83. The molecule has 116 valence electrons. The molecule has 6 heteroatoms. The summed E-state index contributed by atoms with van der Waals surface area (Å²) in [6.45, 7) is 1.84. The third-order valence-electron chi connectivity index (χ3n) is 3.81. The number of anilines is 1. The Morgan fingerprint density at radius 1 is 1.23 bits per heavy atom. The Hall–Kier alpha value is -2.08. The lowest BCUT2D eigenvalue weighted by atomic mass is 10.1. The highest BCUT2D eigenvalue weighted by atomic mass is 32.2. The summed E-state index contributed by atoms with van der Waals surface area (Å²) < 4.78 is 46.0. The molecule has 1 aliphatic heterocycles. The Bertz CT molecular complexity index is 820. The Balaban J connectivity index is 2.17. The topological polar surface area (TPSA) is 46.6 Å². The maximum absolute atomic E-state index is 13.6. The van der Waals surface area contributed by atoms with E-state index in [1.165, 1.54) is 23.5 Å². The van der Waals surface area contributed by atoms with E-state index in [0.717, 1.165) is 11.6 Å². The largest absolute Gasteiger partial charge is 0.495 e. The fourth-order valence-corrected chi connectivity index (χ4v) is 4.73. The Labute approximate surface area is 129 Å². The first-order chi connectivity index (χ1) is 10.4. The highest BCUT2D eigenvalue weighted by Crippen LogP contribution is 2.38. The maximum Gasteiger partial charge on any atom is 0.268 e. The van der Waals surface area contributed by atoms with E-state index in [1.807, 2.05) is 19.1 Å². The van der Waals surface area contributed by atoms with Crippen LogP contribution in [0.3, 0.4) is 0 Å². The summed E-state index contributed by atoms with van der Waals surface area (Å²) in [5.41, 5.74) is 1.61. The van der Waals surface area contributed by atoms with Crippen LogP contribution in [0.15, 0.2) is 47.4 Å². The van der Waals surface area contributed by atoms with E-state index in [9.17, 15) is 12.8 Å². The number of hydrogen-bond donors (Lipinski definition) is 0. The van der Waals surface area contributed by atoms with Crippen molar-refractivity contribution in [3.8, 4) is 5.75 Å². The molecule has 1 atom stereocenters. The molecule has 0 bridgehead atoms. The van der Waals surface area contributed by atoms with Gasteiger partial charge in [0.05, 0.1) is 12.8 Å². The van der Waals surface area contributed by atoms with Gasteiger partial charge in [-0.25, -0.2) is 12.8 Å². The van der Waals surface area contributed by atoms with Crippen LogP contribution < -0.4 is 9.04 Å². The highest BCUT2D eigenvalue weighted by Gasteiger charge is 2.37. The van der Waals surface area contributed by atoms with E-state index in [0.29, 0.717) is 12.1 Å². The smallest absolute Gasteiger partial charge is 0.268 e. The molecule has 0 N–H and O–H groups in total. The van der Waals surface area contributed by atoms with Crippen LogP contribution in [0.2, 0.25) is 0 Å². The lowest BCUT2D eigenvalue weighted by Crippen LogP contribution is -2.36. The highest BCUT2D eigenvalue weighted by molar-refractivity contribution is 7.93. The SMILES string of the molecule is COc1ccc(F)cc1S(=O)(=O)N1c2ccccc2CC1C. The van der Waals surface area contributed by atoms with Crippen molar-refractivity contribution in [3.63, 3.8) is 0 Å². The zero-order valence-corrected chi connectivity index (χ0v) is 13.1. The van der Waals surface area contributed by atoms with Gasteiger partial charge in [-0.2, -0.15) is 0 Å². The van der Waals surface area contributed by atoms with Crippen molar-refractivity contribution >= 4 is 15.7 Å². The fraction of sp³-hybridized carbons (Fsp3) is 0.250. The molecule has 2 aromatic rings. The molecule has 2 aromatic carbocycles. The molecule has 1 heterocycles. The minimum atomic E-state index is -3.90. The Morgan fingerprint density at radius 2 is 1.95 bits per heavy atom.